The average Bonchev–Trinajstić information content (AvgIpc) is 3.71. The zero-order valence-corrected chi connectivity index (χ0v) is 21.7. The number of nitrogens with one attached hydrogen (secondary N) is 3. The van der Waals surface area contributed by atoms with Crippen LogP contribution in [0.5, 0.6) is 5.75 Å². The highest BCUT2D eigenvalue weighted by atomic mass is 32.2. The molecule has 0 radical (unpaired) electrons. The predicted molar refractivity (Wildman–Crippen MR) is 137 cm³/mol. The number of ether oxygens (including phenoxy) is 1. The summed E-state index contributed by atoms with van der Waals surface area (Å²) in [6.45, 7) is 1.59. The third kappa shape index (κ3) is 6.03. The lowest BCUT2D eigenvalue weighted by atomic mass is 10.00. The van der Waals surface area contributed by atoms with Crippen LogP contribution in [0.3, 0.4) is 0 Å². The van der Waals surface area contributed by atoms with Crippen molar-refractivity contribution in [3.8, 4) is 22.7 Å². The number of aryl methyl sites for hydroxylation is 1. The van der Waals surface area contributed by atoms with E-state index in [0.29, 0.717) is 17.3 Å². The Labute approximate surface area is 227 Å². The molecular weight excluding hydrogens is 559 g/mol. The highest BCUT2D eigenvalue weighted by molar-refractivity contribution is 8.26. The molecule has 0 bridgehead atoms. The average molecular weight is 581 g/mol. The van der Waals surface area contributed by atoms with E-state index in [1.807, 2.05) is 0 Å². The highest BCUT2D eigenvalue weighted by Crippen LogP contribution is 2.52. The maximum Gasteiger partial charge on any atom is 0.392 e. The molecule has 1 saturated carbocycles. The Balaban J connectivity index is 1.71. The Bertz CT molecular complexity index is 1560. The van der Waals surface area contributed by atoms with E-state index in [0.717, 1.165) is 18.5 Å². The van der Waals surface area contributed by atoms with Gasteiger partial charge in [0.15, 0.2) is 5.17 Å². The number of halogens is 5. The van der Waals surface area contributed by atoms with E-state index < -0.39 is 51.8 Å². The maximum absolute atomic E-state index is 13.5. The minimum atomic E-state index is -4.45. The summed E-state index contributed by atoms with van der Waals surface area (Å²) >= 11 is 0.367. The molecule has 0 spiro atoms. The summed E-state index contributed by atoms with van der Waals surface area (Å²) in [5.41, 5.74) is -0.837. The summed E-state index contributed by atoms with van der Waals surface area (Å²) in [5, 5.41) is 17.1. The molecule has 0 saturated heterocycles. The monoisotopic (exact) mass is 580 g/mol. The van der Waals surface area contributed by atoms with E-state index in [9.17, 15) is 31.5 Å². The van der Waals surface area contributed by atoms with Crippen LogP contribution in [0.1, 0.15) is 34.5 Å². The molecule has 15 heteroatoms. The smallest absolute Gasteiger partial charge is 0.392 e. The number of amides is 1. The SMILES string of the molecule is COc1cnc(C(F)F)cc1-c1cc(-n2cccc(C)c2=O)ncc1C(=O)NC(=N)SC(=N)C1C[C@@H]1C(F)(F)F. The first kappa shape index (κ1) is 28.9. The predicted octanol–water partition coefficient (Wildman–Crippen LogP) is 5.12. The van der Waals surface area contributed by atoms with Gasteiger partial charge in [0, 0.05) is 35.0 Å². The summed E-state index contributed by atoms with van der Waals surface area (Å²) < 4.78 is 72.0. The Kier molecular flexibility index (Phi) is 8.05. The van der Waals surface area contributed by atoms with Gasteiger partial charge in [-0.25, -0.2) is 13.8 Å². The molecule has 1 amide bonds. The van der Waals surface area contributed by atoms with Gasteiger partial charge in [-0.05, 0) is 43.3 Å². The van der Waals surface area contributed by atoms with Gasteiger partial charge in [-0.3, -0.25) is 30.0 Å². The number of pyridine rings is 3. The number of aromatic nitrogens is 3. The first-order valence-electron chi connectivity index (χ1n) is 11.6. The fraction of sp³-hybridized carbons (Fsp3) is 0.280. The van der Waals surface area contributed by atoms with Crippen LogP contribution in [0, 0.1) is 29.6 Å². The van der Waals surface area contributed by atoms with Gasteiger partial charge in [0.2, 0.25) is 0 Å². The van der Waals surface area contributed by atoms with Crippen molar-refractivity contribution >= 4 is 27.9 Å². The van der Waals surface area contributed by atoms with E-state index in [1.54, 1.807) is 19.1 Å². The van der Waals surface area contributed by atoms with Crippen molar-refractivity contribution in [3.05, 3.63) is 70.0 Å². The Morgan fingerprint density at radius 1 is 1.20 bits per heavy atom. The van der Waals surface area contributed by atoms with Gasteiger partial charge in [0.25, 0.3) is 17.9 Å². The molecule has 210 valence electrons. The van der Waals surface area contributed by atoms with E-state index in [2.05, 4.69) is 15.3 Å². The van der Waals surface area contributed by atoms with Crippen molar-refractivity contribution in [2.24, 2.45) is 11.8 Å². The molecule has 3 aromatic heterocycles. The minimum Gasteiger partial charge on any atom is -0.494 e. The molecule has 2 atom stereocenters. The second-order valence-electron chi connectivity index (χ2n) is 8.80. The number of carbonyl (C=O) groups is 1. The van der Waals surface area contributed by atoms with Gasteiger partial charge >= 0.3 is 6.18 Å². The molecule has 0 aromatic carbocycles. The van der Waals surface area contributed by atoms with E-state index in [4.69, 9.17) is 15.6 Å². The summed E-state index contributed by atoms with van der Waals surface area (Å²) in [4.78, 5) is 33.7. The summed E-state index contributed by atoms with van der Waals surface area (Å²) in [6.07, 6.45) is -4.13. The number of rotatable bonds is 6. The van der Waals surface area contributed by atoms with Crippen LogP contribution in [0.25, 0.3) is 16.9 Å². The quantitative estimate of drug-likeness (QED) is 0.211. The number of carbonyl (C=O) groups excluding carboxylic acids is 1. The Morgan fingerprint density at radius 2 is 1.93 bits per heavy atom. The number of hydrogen-bond acceptors (Lipinski definition) is 8. The number of hydrogen-bond donors (Lipinski definition) is 3. The van der Waals surface area contributed by atoms with Crippen LogP contribution in [0.4, 0.5) is 22.0 Å². The van der Waals surface area contributed by atoms with Crippen LogP contribution in [0.15, 0.2) is 47.7 Å². The van der Waals surface area contributed by atoms with Crippen LogP contribution >= 0.6 is 11.8 Å². The Hall–Kier alpha value is -4.14. The van der Waals surface area contributed by atoms with Crippen LogP contribution < -0.4 is 15.6 Å². The molecule has 1 aliphatic rings. The Morgan fingerprint density at radius 3 is 2.55 bits per heavy atom. The van der Waals surface area contributed by atoms with Crippen LogP contribution in [-0.4, -0.2) is 43.9 Å². The van der Waals surface area contributed by atoms with E-state index >= 15 is 0 Å². The maximum atomic E-state index is 13.5. The second-order valence-corrected chi connectivity index (χ2v) is 9.86. The zero-order valence-electron chi connectivity index (χ0n) is 20.8. The second kappa shape index (κ2) is 11.2. The third-order valence-corrected chi connectivity index (χ3v) is 6.96. The van der Waals surface area contributed by atoms with Gasteiger partial charge in [0.05, 0.1) is 29.8 Å². The fourth-order valence-corrected chi connectivity index (χ4v) is 4.72. The van der Waals surface area contributed by atoms with Crippen LogP contribution in [0.2, 0.25) is 0 Å². The lowest BCUT2D eigenvalue weighted by Crippen LogP contribution is -2.30. The number of amidine groups is 1. The molecule has 1 aliphatic carbocycles. The normalized spacial score (nSPS) is 16.5. The molecule has 9 nitrogen and oxygen atoms in total. The summed E-state index contributed by atoms with van der Waals surface area (Å²) in [6, 6.07) is 5.50. The first-order valence-corrected chi connectivity index (χ1v) is 12.4. The largest absolute Gasteiger partial charge is 0.494 e. The molecule has 1 unspecified atom stereocenters. The molecule has 3 aromatic rings. The number of thioether (sulfide) groups is 1. The standard InChI is InChI=1S/C25H21F5N6O3S/c1-11-4-3-5-36(23(11)38)19-8-12(13-7-17(20(26)27)33-10-18(13)39-2)15(9-34-19)22(37)35-24(32)40-21(31)14-6-16(14)25(28,29)30/h3-5,7-10,14,16,20,31H,6H2,1-2H3,(H2,32,35,37)/t14?,16-/m0/s1. The highest BCUT2D eigenvalue weighted by Gasteiger charge is 2.57. The van der Waals surface area contributed by atoms with Crippen molar-refractivity contribution in [3.63, 3.8) is 0 Å². The minimum absolute atomic E-state index is 0.00395. The van der Waals surface area contributed by atoms with E-state index in [-0.39, 0.29) is 34.7 Å². The number of alkyl halides is 5. The van der Waals surface area contributed by atoms with Crippen molar-refractivity contribution in [2.45, 2.75) is 25.9 Å². The van der Waals surface area contributed by atoms with Crippen molar-refractivity contribution in [1.82, 2.24) is 19.9 Å². The van der Waals surface area contributed by atoms with E-state index in [1.165, 1.54) is 23.9 Å². The number of nitrogens with zero attached hydrogens (tertiary/aromatic N) is 3. The van der Waals surface area contributed by atoms with Gasteiger partial charge in [0.1, 0.15) is 17.3 Å². The molecular formula is C25H21F5N6O3S. The lowest BCUT2D eigenvalue weighted by molar-refractivity contribution is -0.149. The molecule has 3 N–H and O–H groups in total. The summed E-state index contributed by atoms with van der Waals surface area (Å²) in [5.74, 6) is -3.62. The molecule has 0 aliphatic heterocycles. The molecule has 4 rings (SSSR count). The zero-order chi connectivity index (χ0) is 29.4. The van der Waals surface area contributed by atoms with Crippen molar-refractivity contribution in [1.29, 1.82) is 10.8 Å². The molecule has 3 heterocycles. The van der Waals surface area contributed by atoms with Gasteiger partial charge in [-0.1, -0.05) is 6.07 Å². The summed E-state index contributed by atoms with van der Waals surface area (Å²) in [7, 11) is 1.26. The third-order valence-electron chi connectivity index (χ3n) is 6.13. The fourth-order valence-electron chi connectivity index (χ4n) is 3.94. The number of methoxy groups -OCH3 is 1. The first-order chi connectivity index (χ1) is 18.8. The van der Waals surface area contributed by atoms with Gasteiger partial charge in [-0.15, -0.1) is 0 Å². The molecule has 1 fully saturated rings. The van der Waals surface area contributed by atoms with Crippen molar-refractivity contribution in [2.75, 3.05) is 7.11 Å². The van der Waals surface area contributed by atoms with Crippen molar-refractivity contribution < 1.29 is 31.5 Å². The lowest BCUT2D eigenvalue weighted by Gasteiger charge is -2.16. The molecule has 40 heavy (non-hydrogen) atoms. The van der Waals surface area contributed by atoms with Crippen LogP contribution in [-0.2, 0) is 0 Å². The topological polar surface area (TPSA) is 134 Å². The van der Waals surface area contributed by atoms with Gasteiger partial charge in [-0.2, -0.15) is 13.2 Å². The van der Waals surface area contributed by atoms with Gasteiger partial charge < -0.3 is 10.1 Å².